The lowest BCUT2D eigenvalue weighted by molar-refractivity contribution is -0.122. The van der Waals surface area contributed by atoms with Crippen molar-refractivity contribution >= 4 is 23.2 Å². The van der Waals surface area contributed by atoms with Crippen molar-refractivity contribution < 1.29 is 14.3 Å². The second kappa shape index (κ2) is 9.74. The van der Waals surface area contributed by atoms with E-state index in [0.29, 0.717) is 29.1 Å². The highest BCUT2D eigenvalue weighted by Gasteiger charge is 2.19. The van der Waals surface area contributed by atoms with Crippen LogP contribution in [-0.2, 0) is 4.79 Å². The summed E-state index contributed by atoms with van der Waals surface area (Å²) < 4.78 is 5.87. The Morgan fingerprint density at radius 2 is 1.67 bits per heavy atom. The molecule has 0 fully saturated rings. The first-order valence-electron chi connectivity index (χ1n) is 9.97. The Balaban J connectivity index is 1.65. The summed E-state index contributed by atoms with van der Waals surface area (Å²) >= 11 is 0. The maximum Gasteiger partial charge on any atom is 0.265 e. The smallest absolute Gasteiger partial charge is 0.265 e. The zero-order valence-electron chi connectivity index (χ0n) is 17.4. The van der Waals surface area contributed by atoms with Crippen LogP contribution in [0.25, 0.3) is 0 Å². The van der Waals surface area contributed by atoms with Crippen LogP contribution >= 0.6 is 0 Å². The Morgan fingerprint density at radius 3 is 2.33 bits per heavy atom. The summed E-state index contributed by atoms with van der Waals surface area (Å²) in [6, 6.07) is 22.1. The quantitative estimate of drug-likeness (QED) is 0.560. The summed E-state index contributed by atoms with van der Waals surface area (Å²) in [5, 5.41) is 5.81. The number of ether oxygens (including phenoxy) is 1. The standard InChI is InChI=1S/C25H26N2O3/c1-4-23(30-21-12-8-9-17(2)15-21)25(29)26-20-13-14-22(18(3)16-20)27-24(28)19-10-6-5-7-11-19/h5-16,23H,4H2,1-3H3,(H,26,29)(H,27,28). The minimum atomic E-state index is -0.593. The molecule has 0 aliphatic heterocycles. The first kappa shape index (κ1) is 21.1. The third-order valence-corrected chi connectivity index (χ3v) is 4.71. The predicted molar refractivity (Wildman–Crippen MR) is 120 cm³/mol. The molecule has 0 aliphatic carbocycles. The normalized spacial score (nSPS) is 11.4. The monoisotopic (exact) mass is 402 g/mol. The van der Waals surface area contributed by atoms with Crippen molar-refractivity contribution in [1.29, 1.82) is 0 Å². The topological polar surface area (TPSA) is 67.4 Å². The molecular formula is C25H26N2O3. The summed E-state index contributed by atoms with van der Waals surface area (Å²) in [5.41, 5.74) is 3.87. The highest BCUT2D eigenvalue weighted by atomic mass is 16.5. The van der Waals surface area contributed by atoms with Gasteiger partial charge in [0.15, 0.2) is 6.10 Å². The minimum absolute atomic E-state index is 0.173. The van der Waals surface area contributed by atoms with Gasteiger partial charge in [0.25, 0.3) is 11.8 Å². The van der Waals surface area contributed by atoms with Crippen molar-refractivity contribution in [3.05, 3.63) is 89.5 Å². The highest BCUT2D eigenvalue weighted by Crippen LogP contribution is 2.22. The maximum absolute atomic E-state index is 12.7. The molecule has 0 saturated carbocycles. The molecular weight excluding hydrogens is 376 g/mol. The number of amides is 2. The van der Waals surface area contributed by atoms with Crippen LogP contribution in [0.4, 0.5) is 11.4 Å². The number of hydrogen-bond donors (Lipinski definition) is 2. The molecule has 0 aromatic heterocycles. The van der Waals surface area contributed by atoms with Crippen LogP contribution in [0, 0.1) is 13.8 Å². The SMILES string of the molecule is CCC(Oc1cccc(C)c1)C(=O)Nc1ccc(NC(=O)c2ccccc2)c(C)c1. The largest absolute Gasteiger partial charge is 0.481 e. The molecule has 154 valence electrons. The fourth-order valence-corrected chi connectivity index (χ4v) is 3.06. The van der Waals surface area contributed by atoms with E-state index in [0.717, 1.165) is 11.1 Å². The van der Waals surface area contributed by atoms with Gasteiger partial charge < -0.3 is 15.4 Å². The summed E-state index contributed by atoms with van der Waals surface area (Å²) in [5.74, 6) is 0.291. The van der Waals surface area contributed by atoms with Gasteiger partial charge in [-0.05, 0) is 73.9 Å². The van der Waals surface area contributed by atoms with Crippen LogP contribution in [0.5, 0.6) is 5.75 Å². The van der Waals surface area contributed by atoms with Crippen LogP contribution < -0.4 is 15.4 Å². The molecule has 5 heteroatoms. The van der Waals surface area contributed by atoms with E-state index >= 15 is 0 Å². The number of benzene rings is 3. The molecule has 5 nitrogen and oxygen atoms in total. The van der Waals surface area contributed by atoms with Crippen LogP contribution in [-0.4, -0.2) is 17.9 Å². The Morgan fingerprint density at radius 1 is 0.900 bits per heavy atom. The molecule has 0 spiro atoms. The maximum atomic E-state index is 12.7. The first-order valence-corrected chi connectivity index (χ1v) is 9.97. The van der Waals surface area contributed by atoms with Crippen LogP contribution in [0.15, 0.2) is 72.8 Å². The molecule has 0 saturated heterocycles. The lowest BCUT2D eigenvalue weighted by Gasteiger charge is -2.18. The number of aryl methyl sites for hydroxylation is 2. The van der Waals surface area contributed by atoms with E-state index in [1.54, 1.807) is 24.3 Å². The average molecular weight is 402 g/mol. The van der Waals surface area contributed by atoms with Gasteiger partial charge in [-0.25, -0.2) is 0 Å². The average Bonchev–Trinajstić information content (AvgIpc) is 2.74. The number of carbonyl (C=O) groups excluding carboxylic acids is 2. The second-order valence-corrected chi connectivity index (χ2v) is 7.17. The third-order valence-electron chi connectivity index (χ3n) is 4.71. The zero-order valence-corrected chi connectivity index (χ0v) is 17.4. The summed E-state index contributed by atoms with van der Waals surface area (Å²) in [7, 11) is 0. The van der Waals surface area contributed by atoms with E-state index in [1.165, 1.54) is 0 Å². The second-order valence-electron chi connectivity index (χ2n) is 7.17. The number of rotatable bonds is 7. The number of anilines is 2. The molecule has 1 unspecified atom stereocenters. The zero-order chi connectivity index (χ0) is 21.5. The van der Waals surface area contributed by atoms with Crippen molar-refractivity contribution in [2.75, 3.05) is 10.6 Å². The van der Waals surface area contributed by atoms with Crippen molar-refractivity contribution in [3.63, 3.8) is 0 Å². The van der Waals surface area contributed by atoms with Crippen LogP contribution in [0.2, 0.25) is 0 Å². The molecule has 0 heterocycles. The molecule has 1 atom stereocenters. The van der Waals surface area contributed by atoms with Crippen molar-refractivity contribution in [3.8, 4) is 5.75 Å². The summed E-state index contributed by atoms with van der Waals surface area (Å²) in [6.45, 7) is 5.78. The molecule has 3 rings (SSSR count). The lowest BCUT2D eigenvalue weighted by atomic mass is 10.1. The molecule has 30 heavy (non-hydrogen) atoms. The number of hydrogen-bond acceptors (Lipinski definition) is 3. The van der Waals surface area contributed by atoms with Gasteiger partial charge in [-0.2, -0.15) is 0 Å². The molecule has 0 aliphatic rings. The Hall–Kier alpha value is -3.60. The molecule has 2 N–H and O–H groups in total. The molecule has 0 radical (unpaired) electrons. The molecule has 2 amide bonds. The predicted octanol–water partition coefficient (Wildman–Crippen LogP) is 5.35. The third kappa shape index (κ3) is 5.47. The fourth-order valence-electron chi connectivity index (χ4n) is 3.06. The lowest BCUT2D eigenvalue weighted by Crippen LogP contribution is -2.32. The molecule has 3 aromatic carbocycles. The van der Waals surface area contributed by atoms with E-state index in [4.69, 9.17) is 4.74 Å². The Bertz CT molecular complexity index is 1030. The van der Waals surface area contributed by atoms with Gasteiger partial charge in [-0.15, -0.1) is 0 Å². The first-order chi connectivity index (χ1) is 14.5. The Labute approximate surface area is 177 Å². The van der Waals surface area contributed by atoms with Gasteiger partial charge in [0, 0.05) is 16.9 Å². The van der Waals surface area contributed by atoms with Gasteiger partial charge >= 0.3 is 0 Å². The highest BCUT2D eigenvalue weighted by molar-refractivity contribution is 6.04. The van der Waals surface area contributed by atoms with Gasteiger partial charge in [0.2, 0.25) is 0 Å². The number of nitrogens with one attached hydrogen (secondary N) is 2. The van der Waals surface area contributed by atoms with Gasteiger partial charge in [-0.3, -0.25) is 9.59 Å². The van der Waals surface area contributed by atoms with Gasteiger partial charge in [0.05, 0.1) is 0 Å². The Kier molecular flexibility index (Phi) is 6.86. The summed E-state index contributed by atoms with van der Waals surface area (Å²) in [4.78, 5) is 25.0. The van der Waals surface area contributed by atoms with E-state index in [2.05, 4.69) is 10.6 Å². The van der Waals surface area contributed by atoms with Gasteiger partial charge in [0.1, 0.15) is 5.75 Å². The van der Waals surface area contributed by atoms with Crippen molar-refractivity contribution in [2.24, 2.45) is 0 Å². The van der Waals surface area contributed by atoms with E-state index in [-0.39, 0.29) is 11.8 Å². The number of carbonyl (C=O) groups is 2. The van der Waals surface area contributed by atoms with Crippen LogP contribution in [0.1, 0.15) is 34.8 Å². The van der Waals surface area contributed by atoms with Crippen molar-refractivity contribution in [2.45, 2.75) is 33.3 Å². The molecule has 0 bridgehead atoms. The van der Waals surface area contributed by atoms with Gasteiger partial charge in [-0.1, -0.05) is 37.3 Å². The summed E-state index contributed by atoms with van der Waals surface area (Å²) in [6.07, 6.45) is -0.0474. The van der Waals surface area contributed by atoms with E-state index in [1.807, 2.05) is 69.3 Å². The fraction of sp³-hybridized carbons (Fsp3) is 0.200. The molecule has 3 aromatic rings. The van der Waals surface area contributed by atoms with E-state index in [9.17, 15) is 9.59 Å². The minimum Gasteiger partial charge on any atom is -0.481 e. The van der Waals surface area contributed by atoms with E-state index < -0.39 is 6.10 Å². The van der Waals surface area contributed by atoms with Crippen molar-refractivity contribution in [1.82, 2.24) is 0 Å². The van der Waals surface area contributed by atoms with Crippen LogP contribution in [0.3, 0.4) is 0 Å².